The van der Waals surface area contributed by atoms with E-state index >= 15 is 0 Å². The lowest BCUT2D eigenvalue weighted by molar-refractivity contribution is -0.140. The second kappa shape index (κ2) is 5.51. The van der Waals surface area contributed by atoms with E-state index in [0.29, 0.717) is 21.8 Å². The predicted molar refractivity (Wildman–Crippen MR) is 76.4 cm³/mol. The Bertz CT molecular complexity index is 617. The number of carboxylic acids is 1. The third-order valence-corrected chi connectivity index (χ3v) is 6.36. The first-order valence-corrected chi connectivity index (χ1v) is 8.56. The Labute approximate surface area is 127 Å². The first kappa shape index (κ1) is 15.0. The zero-order valence-corrected chi connectivity index (χ0v) is 13.7. The average molecular weight is 413 g/mol. The van der Waals surface area contributed by atoms with Crippen molar-refractivity contribution in [2.45, 2.75) is 23.8 Å². The molecule has 5 nitrogen and oxygen atoms in total. The average Bonchev–Trinajstić information content (AvgIpc) is 2.82. The number of hydrogen-bond donors (Lipinski definition) is 1. The van der Waals surface area contributed by atoms with Crippen LogP contribution in [0.15, 0.2) is 32.0 Å². The Hall–Kier alpha value is -0.440. The standard InChI is InChI=1S/C11H11Br2NO4S/c12-7-3-4-8(13)10(6-7)19(17,18)14-5-1-2-9(14)11(15)16/h3-4,6,9H,1-2,5H2,(H,15,16)/t9-/m0/s1. The fourth-order valence-electron chi connectivity index (χ4n) is 2.08. The largest absolute Gasteiger partial charge is 0.480 e. The Morgan fingerprint density at radius 3 is 2.68 bits per heavy atom. The van der Waals surface area contributed by atoms with Crippen molar-refractivity contribution in [1.82, 2.24) is 4.31 Å². The Balaban J connectivity index is 2.48. The summed E-state index contributed by atoms with van der Waals surface area (Å²) in [6.07, 6.45) is 0.905. The van der Waals surface area contributed by atoms with E-state index in [1.54, 1.807) is 12.1 Å². The van der Waals surface area contributed by atoms with E-state index in [-0.39, 0.29) is 11.4 Å². The minimum atomic E-state index is -3.81. The van der Waals surface area contributed by atoms with Gasteiger partial charge >= 0.3 is 5.97 Å². The number of halogens is 2. The lowest BCUT2D eigenvalue weighted by atomic mass is 10.2. The highest BCUT2D eigenvalue weighted by Gasteiger charge is 2.40. The van der Waals surface area contributed by atoms with Gasteiger partial charge in [-0.15, -0.1) is 0 Å². The van der Waals surface area contributed by atoms with E-state index < -0.39 is 22.0 Å². The van der Waals surface area contributed by atoms with E-state index in [1.165, 1.54) is 6.07 Å². The van der Waals surface area contributed by atoms with Crippen molar-refractivity contribution in [3.63, 3.8) is 0 Å². The summed E-state index contributed by atoms with van der Waals surface area (Å²) in [5.74, 6) is -1.10. The third-order valence-electron chi connectivity index (χ3n) is 2.97. The van der Waals surface area contributed by atoms with Crippen LogP contribution in [0.5, 0.6) is 0 Å². The number of sulfonamides is 1. The van der Waals surface area contributed by atoms with Gasteiger partial charge in [0.1, 0.15) is 6.04 Å². The molecule has 1 aliphatic heterocycles. The topological polar surface area (TPSA) is 74.7 Å². The Morgan fingerprint density at radius 1 is 1.37 bits per heavy atom. The van der Waals surface area contributed by atoms with Crippen LogP contribution in [-0.4, -0.2) is 36.4 Å². The summed E-state index contributed by atoms with van der Waals surface area (Å²) in [6.45, 7) is 0.234. The monoisotopic (exact) mass is 411 g/mol. The van der Waals surface area contributed by atoms with Crippen LogP contribution in [0, 0.1) is 0 Å². The first-order chi connectivity index (χ1) is 8.84. The van der Waals surface area contributed by atoms with Gasteiger partial charge in [0.2, 0.25) is 10.0 Å². The third kappa shape index (κ3) is 2.86. The van der Waals surface area contributed by atoms with Gasteiger partial charge in [-0.05, 0) is 47.0 Å². The van der Waals surface area contributed by atoms with Crippen molar-refractivity contribution >= 4 is 47.9 Å². The molecule has 0 spiro atoms. The summed E-state index contributed by atoms with van der Waals surface area (Å²) in [5, 5.41) is 9.09. The van der Waals surface area contributed by atoms with Crippen molar-refractivity contribution in [1.29, 1.82) is 0 Å². The van der Waals surface area contributed by atoms with Gasteiger partial charge in [-0.25, -0.2) is 8.42 Å². The predicted octanol–water partition coefficient (Wildman–Crippen LogP) is 2.45. The summed E-state index contributed by atoms with van der Waals surface area (Å²) in [4.78, 5) is 11.2. The van der Waals surface area contributed by atoms with Crippen LogP contribution in [0.3, 0.4) is 0 Å². The first-order valence-electron chi connectivity index (χ1n) is 5.54. The zero-order valence-electron chi connectivity index (χ0n) is 9.71. The number of carboxylic acid groups (broad SMARTS) is 1. The molecular weight excluding hydrogens is 402 g/mol. The van der Waals surface area contributed by atoms with Crippen LogP contribution < -0.4 is 0 Å². The number of carbonyl (C=O) groups is 1. The number of benzene rings is 1. The lowest BCUT2D eigenvalue weighted by Gasteiger charge is -2.21. The zero-order chi connectivity index (χ0) is 14.2. The van der Waals surface area contributed by atoms with E-state index in [9.17, 15) is 13.2 Å². The quantitative estimate of drug-likeness (QED) is 0.827. The van der Waals surface area contributed by atoms with E-state index in [0.717, 1.165) is 4.31 Å². The van der Waals surface area contributed by atoms with Crippen molar-refractivity contribution in [2.24, 2.45) is 0 Å². The van der Waals surface area contributed by atoms with Crippen LogP contribution >= 0.6 is 31.9 Å². The highest BCUT2D eigenvalue weighted by molar-refractivity contribution is 9.11. The van der Waals surface area contributed by atoms with Crippen molar-refractivity contribution in [2.75, 3.05) is 6.54 Å². The van der Waals surface area contributed by atoms with Gasteiger partial charge in [0.15, 0.2) is 0 Å². The van der Waals surface area contributed by atoms with Crippen LogP contribution in [0.25, 0.3) is 0 Å². The van der Waals surface area contributed by atoms with E-state index in [2.05, 4.69) is 31.9 Å². The molecule has 1 saturated heterocycles. The summed E-state index contributed by atoms with van der Waals surface area (Å²) in [6, 6.07) is 3.82. The minimum absolute atomic E-state index is 0.0787. The van der Waals surface area contributed by atoms with Crippen LogP contribution in [0.4, 0.5) is 0 Å². The maximum atomic E-state index is 12.5. The fraction of sp³-hybridized carbons (Fsp3) is 0.364. The summed E-state index contributed by atoms with van der Waals surface area (Å²) in [5.41, 5.74) is 0. The Morgan fingerprint density at radius 2 is 2.05 bits per heavy atom. The molecular formula is C11H11Br2NO4S. The number of nitrogens with zero attached hydrogens (tertiary/aromatic N) is 1. The highest BCUT2D eigenvalue weighted by Crippen LogP contribution is 2.32. The maximum absolute atomic E-state index is 12.5. The molecule has 1 aromatic carbocycles. The lowest BCUT2D eigenvalue weighted by Crippen LogP contribution is -2.40. The molecule has 104 valence electrons. The second-order valence-corrected chi connectivity index (χ2v) is 7.82. The molecule has 1 aromatic rings. The highest BCUT2D eigenvalue weighted by atomic mass is 79.9. The summed E-state index contributed by atoms with van der Waals surface area (Å²) < 4.78 is 27.2. The van der Waals surface area contributed by atoms with Gasteiger partial charge in [-0.2, -0.15) is 4.31 Å². The molecule has 2 rings (SSSR count). The number of hydrogen-bond acceptors (Lipinski definition) is 3. The molecule has 0 saturated carbocycles. The minimum Gasteiger partial charge on any atom is -0.480 e. The van der Waals surface area contributed by atoms with Gasteiger partial charge < -0.3 is 5.11 Å². The normalized spacial score (nSPS) is 20.6. The van der Waals surface area contributed by atoms with E-state index in [1.807, 2.05) is 0 Å². The van der Waals surface area contributed by atoms with Gasteiger partial charge in [-0.1, -0.05) is 15.9 Å². The number of aliphatic carboxylic acids is 1. The van der Waals surface area contributed by atoms with Gasteiger partial charge in [-0.3, -0.25) is 4.79 Å². The smallest absolute Gasteiger partial charge is 0.322 e. The van der Waals surface area contributed by atoms with Crippen molar-refractivity contribution < 1.29 is 18.3 Å². The molecule has 0 unspecified atom stereocenters. The molecule has 0 amide bonds. The van der Waals surface area contributed by atoms with Gasteiger partial charge in [0.05, 0.1) is 4.90 Å². The van der Waals surface area contributed by atoms with Crippen LogP contribution in [0.2, 0.25) is 0 Å². The summed E-state index contributed by atoms with van der Waals surface area (Å²) in [7, 11) is -3.81. The molecule has 1 fully saturated rings. The molecule has 1 heterocycles. The number of rotatable bonds is 3. The van der Waals surface area contributed by atoms with Crippen LogP contribution in [0.1, 0.15) is 12.8 Å². The van der Waals surface area contributed by atoms with Gasteiger partial charge in [0.25, 0.3) is 0 Å². The second-order valence-electron chi connectivity index (χ2n) is 4.19. The Kier molecular flexibility index (Phi) is 4.34. The van der Waals surface area contributed by atoms with Gasteiger partial charge in [0, 0.05) is 15.5 Å². The maximum Gasteiger partial charge on any atom is 0.322 e. The molecule has 1 atom stereocenters. The molecule has 1 N–H and O–H groups in total. The molecule has 0 aromatic heterocycles. The molecule has 1 aliphatic rings. The SMILES string of the molecule is O=C(O)[C@@H]1CCCN1S(=O)(=O)c1cc(Br)ccc1Br. The molecule has 0 aliphatic carbocycles. The summed E-state index contributed by atoms with van der Waals surface area (Å²) >= 11 is 6.42. The molecule has 8 heteroatoms. The molecule has 0 radical (unpaired) electrons. The van der Waals surface area contributed by atoms with Crippen molar-refractivity contribution in [3.05, 3.63) is 27.1 Å². The molecule has 0 bridgehead atoms. The molecule has 19 heavy (non-hydrogen) atoms. The van der Waals surface area contributed by atoms with E-state index in [4.69, 9.17) is 5.11 Å². The van der Waals surface area contributed by atoms with Crippen molar-refractivity contribution in [3.8, 4) is 0 Å². The van der Waals surface area contributed by atoms with Crippen LogP contribution in [-0.2, 0) is 14.8 Å². The fourth-order valence-corrected chi connectivity index (χ4v) is 5.19.